The molecule has 4 heteroatoms. The lowest BCUT2D eigenvalue weighted by molar-refractivity contribution is 0.122. The van der Waals surface area contributed by atoms with Gasteiger partial charge in [0.1, 0.15) is 0 Å². The molecule has 2 aliphatic rings. The minimum absolute atomic E-state index is 0.857. The van der Waals surface area contributed by atoms with Crippen LogP contribution in [-0.4, -0.2) is 29.4 Å². The van der Waals surface area contributed by atoms with Crippen molar-refractivity contribution in [3.05, 3.63) is 29.3 Å². The molecule has 0 spiro atoms. The van der Waals surface area contributed by atoms with E-state index < -0.39 is 0 Å². The molecular formula is C12H15IN2O. The number of ether oxygens (including phenoxy) is 1. The number of anilines is 1. The van der Waals surface area contributed by atoms with Crippen molar-refractivity contribution in [3.63, 3.8) is 0 Å². The molecule has 0 aromatic heterocycles. The molecule has 0 amide bonds. The largest absolute Gasteiger partial charge is 0.378 e. The summed E-state index contributed by atoms with van der Waals surface area (Å²) in [5, 5.41) is 0. The first-order valence-electron chi connectivity index (χ1n) is 5.68. The van der Waals surface area contributed by atoms with Gasteiger partial charge in [-0.1, -0.05) is 6.07 Å². The Bertz CT molecular complexity index is 391. The summed E-state index contributed by atoms with van der Waals surface area (Å²) in [5.41, 5.74) is 4.32. The Kier molecular flexibility index (Phi) is 3.04. The monoisotopic (exact) mass is 330 g/mol. The Hall–Kier alpha value is -0.330. The second-order valence-corrected chi connectivity index (χ2v) is 5.70. The van der Waals surface area contributed by atoms with Gasteiger partial charge in [0.2, 0.25) is 0 Å². The molecule has 1 saturated heterocycles. The van der Waals surface area contributed by atoms with E-state index in [2.05, 4.69) is 49.1 Å². The van der Waals surface area contributed by atoms with Crippen LogP contribution in [0.4, 0.5) is 5.69 Å². The predicted molar refractivity (Wildman–Crippen MR) is 72.7 cm³/mol. The van der Waals surface area contributed by atoms with Gasteiger partial charge in [0.15, 0.2) is 0 Å². The fraction of sp³-hybridized carbons (Fsp3) is 0.500. The molecule has 1 aromatic carbocycles. The summed E-state index contributed by atoms with van der Waals surface area (Å²) in [5.74, 6) is 0. The minimum atomic E-state index is 0.857. The summed E-state index contributed by atoms with van der Waals surface area (Å²) in [4.78, 5) is 2.42. The molecule has 0 aliphatic carbocycles. The van der Waals surface area contributed by atoms with Gasteiger partial charge in [-0.3, -0.25) is 0 Å². The topological polar surface area (TPSA) is 15.7 Å². The van der Waals surface area contributed by atoms with Gasteiger partial charge in [-0.05, 0) is 23.3 Å². The Labute approximate surface area is 110 Å². The molecule has 0 N–H and O–H groups in total. The number of hydrogen-bond acceptors (Lipinski definition) is 3. The molecule has 0 radical (unpaired) electrons. The van der Waals surface area contributed by atoms with Gasteiger partial charge in [-0.15, -0.1) is 0 Å². The van der Waals surface area contributed by atoms with Crippen molar-refractivity contribution in [2.45, 2.75) is 13.1 Å². The van der Waals surface area contributed by atoms with E-state index in [4.69, 9.17) is 4.74 Å². The molecular weight excluding hydrogens is 315 g/mol. The van der Waals surface area contributed by atoms with Crippen LogP contribution in [0.5, 0.6) is 0 Å². The average Bonchev–Trinajstić information content (AvgIpc) is 2.69. The molecule has 3 rings (SSSR count). The van der Waals surface area contributed by atoms with Crippen LogP contribution in [0.1, 0.15) is 11.1 Å². The van der Waals surface area contributed by atoms with Crippen molar-refractivity contribution in [1.82, 2.24) is 3.11 Å². The molecule has 2 heterocycles. The Morgan fingerprint density at radius 1 is 1.06 bits per heavy atom. The van der Waals surface area contributed by atoms with Crippen LogP contribution >= 0.6 is 22.9 Å². The van der Waals surface area contributed by atoms with Crippen LogP contribution in [0.2, 0.25) is 0 Å². The molecule has 2 aliphatic heterocycles. The molecule has 86 valence electrons. The predicted octanol–water partition coefficient (Wildman–Crippen LogP) is 2.19. The third-order valence-electron chi connectivity index (χ3n) is 3.25. The minimum Gasteiger partial charge on any atom is -0.378 e. The summed E-state index contributed by atoms with van der Waals surface area (Å²) in [6.45, 7) is 5.91. The van der Waals surface area contributed by atoms with E-state index in [1.807, 2.05) is 0 Å². The van der Waals surface area contributed by atoms with Crippen LogP contribution in [0.25, 0.3) is 0 Å². The molecule has 0 saturated carbocycles. The maximum atomic E-state index is 5.38. The van der Waals surface area contributed by atoms with E-state index >= 15 is 0 Å². The summed E-state index contributed by atoms with van der Waals surface area (Å²) in [6.07, 6.45) is 0. The van der Waals surface area contributed by atoms with Gasteiger partial charge >= 0.3 is 0 Å². The SMILES string of the molecule is IN1Cc2ccc(N3CCOCC3)cc2C1. The highest BCUT2D eigenvalue weighted by atomic mass is 127. The number of nitrogens with zero attached hydrogens (tertiary/aromatic N) is 2. The highest BCUT2D eigenvalue weighted by molar-refractivity contribution is 14.1. The van der Waals surface area contributed by atoms with E-state index in [0.717, 1.165) is 39.4 Å². The van der Waals surface area contributed by atoms with Gasteiger partial charge in [-0.2, -0.15) is 0 Å². The second kappa shape index (κ2) is 4.50. The second-order valence-electron chi connectivity index (χ2n) is 4.33. The maximum absolute atomic E-state index is 5.38. The number of rotatable bonds is 1. The van der Waals surface area contributed by atoms with E-state index in [0.29, 0.717) is 0 Å². The molecule has 1 aromatic rings. The standard InChI is InChI=1S/C12H15IN2O/c13-15-8-10-1-2-12(7-11(10)9-15)14-3-5-16-6-4-14/h1-2,7H,3-6,8-9H2. The van der Waals surface area contributed by atoms with Gasteiger partial charge in [-0.25, -0.2) is 3.11 Å². The lowest BCUT2D eigenvalue weighted by Crippen LogP contribution is -2.36. The zero-order valence-electron chi connectivity index (χ0n) is 9.16. The molecule has 16 heavy (non-hydrogen) atoms. The Morgan fingerprint density at radius 2 is 1.81 bits per heavy atom. The van der Waals surface area contributed by atoms with Gasteiger partial charge in [0.05, 0.1) is 13.2 Å². The van der Waals surface area contributed by atoms with Crippen molar-refractivity contribution < 1.29 is 4.74 Å². The molecule has 0 atom stereocenters. The average molecular weight is 330 g/mol. The van der Waals surface area contributed by atoms with Crippen LogP contribution in [0.15, 0.2) is 18.2 Å². The first-order chi connectivity index (χ1) is 7.83. The number of hydrogen-bond donors (Lipinski definition) is 0. The maximum Gasteiger partial charge on any atom is 0.0642 e. The van der Waals surface area contributed by atoms with Crippen molar-refractivity contribution in [3.8, 4) is 0 Å². The van der Waals surface area contributed by atoms with Gasteiger partial charge in [0.25, 0.3) is 0 Å². The summed E-state index contributed by atoms with van der Waals surface area (Å²) in [7, 11) is 0. The lowest BCUT2D eigenvalue weighted by Gasteiger charge is -2.29. The normalized spacial score (nSPS) is 21.2. The molecule has 3 nitrogen and oxygen atoms in total. The van der Waals surface area contributed by atoms with E-state index in [1.165, 1.54) is 16.8 Å². The van der Waals surface area contributed by atoms with E-state index in [9.17, 15) is 0 Å². The third-order valence-corrected chi connectivity index (χ3v) is 3.93. The Balaban J connectivity index is 1.84. The first-order valence-corrected chi connectivity index (χ1v) is 6.64. The van der Waals surface area contributed by atoms with Crippen LogP contribution in [0.3, 0.4) is 0 Å². The smallest absolute Gasteiger partial charge is 0.0642 e. The van der Waals surface area contributed by atoms with E-state index in [-0.39, 0.29) is 0 Å². The Morgan fingerprint density at radius 3 is 2.62 bits per heavy atom. The quantitative estimate of drug-likeness (QED) is 0.580. The summed E-state index contributed by atoms with van der Waals surface area (Å²) < 4.78 is 7.70. The van der Waals surface area contributed by atoms with Crippen molar-refractivity contribution in [1.29, 1.82) is 0 Å². The third kappa shape index (κ3) is 2.06. The molecule has 1 fully saturated rings. The van der Waals surface area contributed by atoms with Crippen LogP contribution < -0.4 is 4.90 Å². The van der Waals surface area contributed by atoms with E-state index in [1.54, 1.807) is 0 Å². The van der Waals surface area contributed by atoms with Crippen LogP contribution in [-0.2, 0) is 17.8 Å². The fourth-order valence-corrected chi connectivity index (χ4v) is 3.09. The van der Waals surface area contributed by atoms with Crippen molar-refractivity contribution in [2.75, 3.05) is 31.2 Å². The highest BCUT2D eigenvalue weighted by Crippen LogP contribution is 2.29. The number of halogens is 1. The molecule has 0 unspecified atom stereocenters. The first kappa shape index (κ1) is 10.8. The van der Waals surface area contributed by atoms with Crippen LogP contribution in [0, 0.1) is 0 Å². The molecule has 0 bridgehead atoms. The van der Waals surface area contributed by atoms with Crippen molar-refractivity contribution >= 4 is 28.6 Å². The van der Waals surface area contributed by atoms with Crippen molar-refractivity contribution in [2.24, 2.45) is 0 Å². The zero-order valence-corrected chi connectivity index (χ0v) is 11.3. The summed E-state index contributed by atoms with van der Waals surface area (Å²) in [6, 6.07) is 6.87. The highest BCUT2D eigenvalue weighted by Gasteiger charge is 2.18. The number of morpholine rings is 1. The summed E-state index contributed by atoms with van der Waals surface area (Å²) >= 11 is 2.39. The fourth-order valence-electron chi connectivity index (χ4n) is 2.36. The van der Waals surface area contributed by atoms with Gasteiger partial charge in [0, 0.05) is 54.7 Å². The van der Waals surface area contributed by atoms with Gasteiger partial charge < -0.3 is 9.64 Å². The zero-order chi connectivity index (χ0) is 11.0. The number of fused-ring (bicyclic) bond motifs is 1. The lowest BCUT2D eigenvalue weighted by atomic mass is 10.1. The number of benzene rings is 1.